The van der Waals surface area contributed by atoms with Crippen molar-refractivity contribution in [3.63, 3.8) is 0 Å². The Morgan fingerprint density at radius 2 is 1.95 bits per heavy atom. The molecule has 1 heterocycles. The highest BCUT2D eigenvalue weighted by Gasteiger charge is 2.19. The zero-order valence-electron chi connectivity index (χ0n) is 10.7. The normalized spacial score (nSPS) is 19.6. The molecule has 1 unspecified atom stereocenters. The molecule has 98 valence electrons. The van der Waals surface area contributed by atoms with Crippen molar-refractivity contribution in [1.29, 1.82) is 0 Å². The van der Waals surface area contributed by atoms with Crippen molar-refractivity contribution in [1.82, 2.24) is 0 Å². The molecule has 0 bridgehead atoms. The van der Waals surface area contributed by atoms with E-state index in [1.165, 1.54) is 16.5 Å². The van der Waals surface area contributed by atoms with E-state index >= 15 is 0 Å². The van der Waals surface area contributed by atoms with Gasteiger partial charge in [-0.3, -0.25) is 0 Å². The summed E-state index contributed by atoms with van der Waals surface area (Å²) in [4.78, 5) is 13.3. The second kappa shape index (κ2) is 5.33. The first-order valence-corrected chi connectivity index (χ1v) is 7.45. The molecule has 3 rings (SSSR count). The fraction of sp³-hybridized carbons (Fsp3) is 0.312. The molecule has 2 nitrogen and oxygen atoms in total. The van der Waals surface area contributed by atoms with Crippen LogP contribution in [0.4, 0.5) is 5.69 Å². The van der Waals surface area contributed by atoms with Crippen LogP contribution in [0.1, 0.15) is 12.8 Å². The minimum absolute atomic E-state index is 0.189. The van der Waals surface area contributed by atoms with E-state index in [-0.39, 0.29) is 5.92 Å². The molecule has 1 aliphatic heterocycles. The average Bonchev–Trinajstić information content (AvgIpc) is 2.46. The SMILES string of the molecule is O=CC1CCCN(c2ccc3cc(Br)ccc3c2)C1. The van der Waals surface area contributed by atoms with Crippen LogP contribution in [-0.4, -0.2) is 19.4 Å². The predicted molar refractivity (Wildman–Crippen MR) is 82.6 cm³/mol. The van der Waals surface area contributed by atoms with Crippen LogP contribution in [0, 0.1) is 5.92 Å². The van der Waals surface area contributed by atoms with Gasteiger partial charge in [-0.05, 0) is 47.9 Å². The molecule has 1 saturated heterocycles. The van der Waals surface area contributed by atoms with Gasteiger partial charge in [0.1, 0.15) is 6.29 Å². The Balaban J connectivity index is 1.92. The van der Waals surface area contributed by atoms with E-state index in [0.29, 0.717) is 0 Å². The van der Waals surface area contributed by atoms with Gasteiger partial charge in [-0.25, -0.2) is 0 Å². The van der Waals surface area contributed by atoms with Gasteiger partial charge in [0.25, 0.3) is 0 Å². The molecule has 0 saturated carbocycles. The van der Waals surface area contributed by atoms with Crippen LogP contribution in [0.5, 0.6) is 0 Å². The average molecular weight is 318 g/mol. The van der Waals surface area contributed by atoms with Crippen molar-refractivity contribution < 1.29 is 4.79 Å². The summed E-state index contributed by atoms with van der Waals surface area (Å²) in [6.07, 6.45) is 3.23. The number of fused-ring (bicyclic) bond motifs is 1. The molecule has 2 aromatic rings. The van der Waals surface area contributed by atoms with E-state index in [9.17, 15) is 4.79 Å². The maximum atomic E-state index is 11.0. The number of aldehydes is 1. The number of nitrogens with zero attached hydrogens (tertiary/aromatic N) is 1. The molecule has 1 aliphatic rings. The van der Waals surface area contributed by atoms with Crippen LogP contribution in [-0.2, 0) is 4.79 Å². The lowest BCUT2D eigenvalue weighted by Gasteiger charge is -2.32. The first kappa shape index (κ1) is 12.7. The van der Waals surface area contributed by atoms with E-state index in [0.717, 1.165) is 36.7 Å². The molecular weight excluding hydrogens is 302 g/mol. The number of anilines is 1. The molecule has 0 amide bonds. The minimum Gasteiger partial charge on any atom is -0.371 e. The van der Waals surface area contributed by atoms with Crippen molar-refractivity contribution in [2.75, 3.05) is 18.0 Å². The van der Waals surface area contributed by atoms with Crippen molar-refractivity contribution in [3.8, 4) is 0 Å². The first-order valence-electron chi connectivity index (χ1n) is 6.66. The smallest absolute Gasteiger partial charge is 0.124 e. The van der Waals surface area contributed by atoms with Crippen molar-refractivity contribution in [3.05, 3.63) is 40.9 Å². The highest BCUT2D eigenvalue weighted by Crippen LogP contribution is 2.27. The molecule has 0 aliphatic carbocycles. The molecule has 19 heavy (non-hydrogen) atoms. The number of halogens is 1. The van der Waals surface area contributed by atoms with Gasteiger partial charge in [0, 0.05) is 29.2 Å². The van der Waals surface area contributed by atoms with Crippen LogP contribution >= 0.6 is 15.9 Å². The largest absolute Gasteiger partial charge is 0.371 e. The summed E-state index contributed by atoms with van der Waals surface area (Å²) in [6.45, 7) is 1.90. The fourth-order valence-electron chi connectivity index (χ4n) is 2.76. The van der Waals surface area contributed by atoms with Gasteiger partial charge >= 0.3 is 0 Å². The van der Waals surface area contributed by atoms with Gasteiger partial charge in [-0.15, -0.1) is 0 Å². The minimum atomic E-state index is 0.189. The molecule has 1 fully saturated rings. The van der Waals surface area contributed by atoms with E-state index in [4.69, 9.17) is 0 Å². The molecule has 2 aromatic carbocycles. The summed E-state index contributed by atoms with van der Waals surface area (Å²) in [5.74, 6) is 0.189. The lowest BCUT2D eigenvalue weighted by atomic mass is 9.98. The van der Waals surface area contributed by atoms with Gasteiger partial charge in [-0.1, -0.05) is 28.1 Å². The number of rotatable bonds is 2. The van der Waals surface area contributed by atoms with Crippen LogP contribution in [0.15, 0.2) is 40.9 Å². The summed E-state index contributed by atoms with van der Waals surface area (Å²) in [5, 5.41) is 2.48. The van der Waals surface area contributed by atoms with Crippen LogP contribution in [0.25, 0.3) is 10.8 Å². The van der Waals surface area contributed by atoms with Crippen LogP contribution in [0.3, 0.4) is 0 Å². The molecule has 0 aromatic heterocycles. The fourth-order valence-corrected chi connectivity index (χ4v) is 3.14. The third-order valence-electron chi connectivity index (χ3n) is 3.80. The lowest BCUT2D eigenvalue weighted by Crippen LogP contribution is -2.35. The zero-order chi connectivity index (χ0) is 13.2. The number of hydrogen-bond donors (Lipinski definition) is 0. The highest BCUT2D eigenvalue weighted by molar-refractivity contribution is 9.10. The molecule has 1 atom stereocenters. The summed E-state index contributed by atoms with van der Waals surface area (Å²) in [7, 11) is 0. The number of benzene rings is 2. The second-order valence-corrected chi connectivity index (χ2v) is 6.08. The van der Waals surface area contributed by atoms with Crippen molar-refractivity contribution in [2.45, 2.75) is 12.8 Å². The highest BCUT2D eigenvalue weighted by atomic mass is 79.9. The Labute approximate surface area is 121 Å². The number of carbonyl (C=O) groups excluding carboxylic acids is 1. The first-order chi connectivity index (χ1) is 9.26. The van der Waals surface area contributed by atoms with Crippen molar-refractivity contribution in [2.24, 2.45) is 5.92 Å². The molecule has 3 heteroatoms. The third kappa shape index (κ3) is 2.66. The topological polar surface area (TPSA) is 20.3 Å². The van der Waals surface area contributed by atoms with E-state index in [2.05, 4.69) is 57.2 Å². The number of carbonyl (C=O) groups is 1. The number of hydrogen-bond acceptors (Lipinski definition) is 2. The Morgan fingerprint density at radius 1 is 1.16 bits per heavy atom. The van der Waals surface area contributed by atoms with Crippen molar-refractivity contribution >= 4 is 38.7 Å². The van der Waals surface area contributed by atoms with E-state index < -0.39 is 0 Å². The van der Waals surface area contributed by atoms with Gasteiger partial charge < -0.3 is 9.69 Å². The zero-order valence-corrected chi connectivity index (χ0v) is 12.3. The van der Waals surface area contributed by atoms with Crippen LogP contribution < -0.4 is 4.90 Å². The van der Waals surface area contributed by atoms with Gasteiger partial charge in [0.15, 0.2) is 0 Å². The molecule has 0 N–H and O–H groups in total. The summed E-state index contributed by atoms with van der Waals surface area (Å²) in [6, 6.07) is 12.8. The Hall–Kier alpha value is -1.35. The maximum Gasteiger partial charge on any atom is 0.124 e. The lowest BCUT2D eigenvalue weighted by molar-refractivity contribution is -0.111. The van der Waals surface area contributed by atoms with Gasteiger partial charge in [0.05, 0.1) is 0 Å². The summed E-state index contributed by atoms with van der Waals surface area (Å²) in [5.41, 5.74) is 1.22. The van der Waals surface area contributed by atoms with Gasteiger partial charge in [0.2, 0.25) is 0 Å². The Kier molecular flexibility index (Phi) is 3.56. The quantitative estimate of drug-likeness (QED) is 0.780. The van der Waals surface area contributed by atoms with Gasteiger partial charge in [-0.2, -0.15) is 0 Å². The standard InChI is InChI=1S/C16H16BrNO/c17-15-5-3-14-9-16(6-4-13(14)8-15)18-7-1-2-12(10-18)11-19/h3-6,8-9,11-12H,1-2,7,10H2. The van der Waals surface area contributed by atoms with E-state index in [1.807, 2.05) is 0 Å². The number of piperidine rings is 1. The Morgan fingerprint density at radius 3 is 2.79 bits per heavy atom. The monoisotopic (exact) mass is 317 g/mol. The van der Waals surface area contributed by atoms with E-state index in [1.54, 1.807) is 0 Å². The summed E-state index contributed by atoms with van der Waals surface area (Å²) < 4.78 is 1.10. The second-order valence-electron chi connectivity index (χ2n) is 5.16. The Bertz CT molecular complexity index is 611. The maximum absolute atomic E-state index is 11.0. The summed E-state index contributed by atoms with van der Waals surface area (Å²) >= 11 is 3.50. The molecule has 0 radical (unpaired) electrons. The molecule has 0 spiro atoms. The predicted octanol–water partition coefficient (Wildman–Crippen LogP) is 4.02. The van der Waals surface area contributed by atoms with Crippen LogP contribution in [0.2, 0.25) is 0 Å². The molecular formula is C16H16BrNO. The third-order valence-corrected chi connectivity index (χ3v) is 4.29.